The SMILES string of the molecule is Cc1cc(Br)c(NC(=O)Cn2c(=O)oc3ccccc32)cc1C. The number of rotatable bonds is 3. The van der Waals surface area contributed by atoms with E-state index in [0.29, 0.717) is 16.8 Å². The number of aryl methyl sites for hydroxylation is 2. The van der Waals surface area contributed by atoms with Crippen LogP contribution in [0.2, 0.25) is 0 Å². The number of carbonyl (C=O) groups excluding carboxylic acids is 1. The van der Waals surface area contributed by atoms with Gasteiger partial charge in [-0.3, -0.25) is 9.36 Å². The van der Waals surface area contributed by atoms with E-state index < -0.39 is 5.76 Å². The highest BCUT2D eigenvalue weighted by Gasteiger charge is 2.13. The van der Waals surface area contributed by atoms with Crippen molar-refractivity contribution in [3.63, 3.8) is 0 Å². The Morgan fingerprint density at radius 1 is 1.22 bits per heavy atom. The lowest BCUT2D eigenvalue weighted by Gasteiger charge is -2.10. The van der Waals surface area contributed by atoms with Gasteiger partial charge in [-0.05, 0) is 65.2 Å². The molecule has 1 N–H and O–H groups in total. The third kappa shape index (κ3) is 3.07. The molecule has 0 aliphatic rings. The molecule has 0 spiro atoms. The molecule has 0 atom stereocenters. The van der Waals surface area contributed by atoms with Gasteiger partial charge in [0, 0.05) is 4.47 Å². The molecule has 2 aromatic carbocycles. The largest absolute Gasteiger partial charge is 0.420 e. The zero-order valence-electron chi connectivity index (χ0n) is 12.7. The maximum Gasteiger partial charge on any atom is 0.420 e. The first kappa shape index (κ1) is 15.6. The van der Waals surface area contributed by atoms with Gasteiger partial charge in [0.05, 0.1) is 11.2 Å². The molecule has 5 nitrogen and oxygen atoms in total. The summed E-state index contributed by atoms with van der Waals surface area (Å²) in [6, 6.07) is 10.9. The third-order valence-electron chi connectivity index (χ3n) is 3.73. The Bertz CT molecular complexity index is 956. The number of carbonyl (C=O) groups is 1. The lowest BCUT2D eigenvalue weighted by Crippen LogP contribution is -2.25. The molecule has 0 saturated carbocycles. The number of hydrogen-bond donors (Lipinski definition) is 1. The fourth-order valence-corrected chi connectivity index (χ4v) is 2.93. The summed E-state index contributed by atoms with van der Waals surface area (Å²) < 4.78 is 7.25. The van der Waals surface area contributed by atoms with Crippen LogP contribution in [-0.2, 0) is 11.3 Å². The van der Waals surface area contributed by atoms with Gasteiger partial charge >= 0.3 is 5.76 Å². The topological polar surface area (TPSA) is 64.2 Å². The van der Waals surface area contributed by atoms with Crippen LogP contribution in [0.5, 0.6) is 0 Å². The normalized spacial score (nSPS) is 10.9. The van der Waals surface area contributed by atoms with E-state index >= 15 is 0 Å². The average molecular weight is 375 g/mol. The van der Waals surface area contributed by atoms with Crippen LogP contribution in [0.4, 0.5) is 5.69 Å². The minimum atomic E-state index is -0.541. The second-order valence-electron chi connectivity index (χ2n) is 5.39. The molecule has 0 bridgehead atoms. The van der Waals surface area contributed by atoms with Gasteiger partial charge in [0.2, 0.25) is 5.91 Å². The van der Waals surface area contributed by atoms with Crippen molar-refractivity contribution in [2.24, 2.45) is 0 Å². The first-order valence-corrected chi connectivity index (χ1v) is 7.90. The molecule has 3 aromatic rings. The molecule has 3 rings (SSSR count). The smallest absolute Gasteiger partial charge is 0.408 e. The van der Waals surface area contributed by atoms with Gasteiger partial charge in [0.25, 0.3) is 0 Å². The maximum absolute atomic E-state index is 12.3. The molecule has 0 aliphatic carbocycles. The minimum absolute atomic E-state index is 0.102. The zero-order chi connectivity index (χ0) is 16.6. The van der Waals surface area contributed by atoms with Gasteiger partial charge in [0.15, 0.2) is 5.58 Å². The molecule has 118 valence electrons. The summed E-state index contributed by atoms with van der Waals surface area (Å²) in [6.45, 7) is 3.88. The summed E-state index contributed by atoms with van der Waals surface area (Å²) in [5.74, 6) is -0.830. The number of nitrogens with one attached hydrogen (secondary N) is 1. The fourth-order valence-electron chi connectivity index (χ4n) is 2.37. The predicted octanol–water partition coefficient (Wildman–Crippen LogP) is 3.61. The summed E-state index contributed by atoms with van der Waals surface area (Å²) in [6.07, 6.45) is 0. The van der Waals surface area contributed by atoms with E-state index in [4.69, 9.17) is 4.42 Å². The number of fused-ring (bicyclic) bond motifs is 1. The van der Waals surface area contributed by atoms with E-state index in [2.05, 4.69) is 21.2 Å². The molecule has 6 heteroatoms. The van der Waals surface area contributed by atoms with Gasteiger partial charge in [-0.15, -0.1) is 0 Å². The van der Waals surface area contributed by atoms with Crippen molar-refractivity contribution >= 4 is 38.6 Å². The number of halogens is 1. The van der Waals surface area contributed by atoms with Gasteiger partial charge in [0.1, 0.15) is 6.54 Å². The summed E-state index contributed by atoms with van der Waals surface area (Å²) in [4.78, 5) is 24.2. The van der Waals surface area contributed by atoms with E-state index in [1.807, 2.05) is 26.0 Å². The number of oxazole rings is 1. The Hall–Kier alpha value is -2.34. The predicted molar refractivity (Wildman–Crippen MR) is 92.7 cm³/mol. The number of nitrogens with zero attached hydrogens (tertiary/aromatic N) is 1. The first-order valence-electron chi connectivity index (χ1n) is 7.10. The molecule has 1 heterocycles. The molecule has 1 aromatic heterocycles. The summed E-state index contributed by atoms with van der Waals surface area (Å²) in [5.41, 5.74) is 3.96. The van der Waals surface area contributed by atoms with Crippen molar-refractivity contribution in [3.8, 4) is 0 Å². The Morgan fingerprint density at radius 3 is 2.70 bits per heavy atom. The van der Waals surface area contributed by atoms with Crippen molar-refractivity contribution < 1.29 is 9.21 Å². The zero-order valence-corrected chi connectivity index (χ0v) is 14.3. The van der Waals surface area contributed by atoms with E-state index in [1.54, 1.807) is 24.3 Å². The van der Waals surface area contributed by atoms with Gasteiger partial charge in [-0.1, -0.05) is 12.1 Å². The highest BCUT2D eigenvalue weighted by atomic mass is 79.9. The van der Waals surface area contributed by atoms with E-state index in [9.17, 15) is 9.59 Å². The molecule has 1 amide bonds. The molecule has 0 aliphatic heterocycles. The van der Waals surface area contributed by atoms with E-state index in [0.717, 1.165) is 15.6 Å². The Kier molecular flexibility index (Phi) is 4.09. The Morgan fingerprint density at radius 2 is 1.91 bits per heavy atom. The molecule has 0 fully saturated rings. The number of amides is 1. The standard InChI is InChI=1S/C17H15BrN2O3/c1-10-7-12(18)13(8-11(10)2)19-16(21)9-20-14-5-3-4-6-15(14)23-17(20)22/h3-8H,9H2,1-2H3,(H,19,21). The summed E-state index contributed by atoms with van der Waals surface area (Å²) in [5, 5.41) is 2.82. The quantitative estimate of drug-likeness (QED) is 0.761. The minimum Gasteiger partial charge on any atom is -0.408 e. The second kappa shape index (κ2) is 6.04. The van der Waals surface area contributed by atoms with Crippen LogP contribution in [0, 0.1) is 13.8 Å². The second-order valence-corrected chi connectivity index (χ2v) is 6.24. The van der Waals surface area contributed by atoms with Crippen molar-refractivity contribution in [3.05, 3.63) is 62.5 Å². The number of anilines is 1. The molecular formula is C17H15BrN2O3. The molecular weight excluding hydrogens is 360 g/mol. The number of benzene rings is 2. The summed E-state index contributed by atoms with van der Waals surface area (Å²) >= 11 is 3.44. The van der Waals surface area contributed by atoms with Crippen LogP contribution < -0.4 is 11.1 Å². The van der Waals surface area contributed by atoms with Crippen LogP contribution in [0.3, 0.4) is 0 Å². The number of para-hydroxylation sites is 2. The number of aromatic nitrogens is 1. The lowest BCUT2D eigenvalue weighted by atomic mass is 10.1. The van der Waals surface area contributed by atoms with Crippen molar-refractivity contribution in [2.45, 2.75) is 20.4 Å². The lowest BCUT2D eigenvalue weighted by molar-refractivity contribution is -0.116. The molecule has 0 unspecified atom stereocenters. The van der Waals surface area contributed by atoms with Gasteiger partial charge in [-0.25, -0.2) is 4.79 Å². The van der Waals surface area contributed by atoms with Crippen molar-refractivity contribution in [1.29, 1.82) is 0 Å². The van der Waals surface area contributed by atoms with Gasteiger partial charge in [-0.2, -0.15) is 0 Å². The monoisotopic (exact) mass is 374 g/mol. The Labute approximate surface area is 141 Å². The van der Waals surface area contributed by atoms with Crippen LogP contribution >= 0.6 is 15.9 Å². The maximum atomic E-state index is 12.3. The van der Waals surface area contributed by atoms with Crippen molar-refractivity contribution in [2.75, 3.05) is 5.32 Å². The van der Waals surface area contributed by atoms with Crippen LogP contribution in [0.25, 0.3) is 11.1 Å². The average Bonchev–Trinajstić information content (AvgIpc) is 2.81. The number of hydrogen-bond acceptors (Lipinski definition) is 3. The molecule has 0 saturated heterocycles. The Balaban J connectivity index is 1.86. The van der Waals surface area contributed by atoms with E-state index in [1.165, 1.54) is 4.57 Å². The highest BCUT2D eigenvalue weighted by Crippen LogP contribution is 2.26. The van der Waals surface area contributed by atoms with Crippen LogP contribution in [-0.4, -0.2) is 10.5 Å². The van der Waals surface area contributed by atoms with Crippen LogP contribution in [0.1, 0.15) is 11.1 Å². The van der Waals surface area contributed by atoms with Gasteiger partial charge < -0.3 is 9.73 Å². The highest BCUT2D eigenvalue weighted by molar-refractivity contribution is 9.10. The van der Waals surface area contributed by atoms with Crippen molar-refractivity contribution in [1.82, 2.24) is 4.57 Å². The third-order valence-corrected chi connectivity index (χ3v) is 4.39. The first-order chi connectivity index (χ1) is 11.0. The fraction of sp³-hybridized carbons (Fsp3) is 0.176. The van der Waals surface area contributed by atoms with E-state index in [-0.39, 0.29) is 12.5 Å². The molecule has 0 radical (unpaired) electrons. The molecule has 23 heavy (non-hydrogen) atoms. The van der Waals surface area contributed by atoms with Crippen LogP contribution in [0.15, 0.2) is 50.1 Å². The summed E-state index contributed by atoms with van der Waals surface area (Å²) in [7, 11) is 0.